The Hall–Kier alpha value is -3.30. The quantitative estimate of drug-likeness (QED) is 0.214. The summed E-state index contributed by atoms with van der Waals surface area (Å²) in [4.78, 5) is 55.6. The molecule has 15 heteroatoms. The predicted octanol–water partition coefficient (Wildman–Crippen LogP) is 3.83. The number of nitrogens with one attached hydrogen (secondary N) is 1. The summed E-state index contributed by atoms with van der Waals surface area (Å²) in [5, 5.41) is 14.4. The van der Waals surface area contributed by atoms with Gasteiger partial charge in [0.1, 0.15) is 40.7 Å². The third kappa shape index (κ3) is 8.42. The first-order valence-corrected chi connectivity index (χ1v) is 17.5. The van der Waals surface area contributed by atoms with Crippen LogP contribution in [0.25, 0.3) is 0 Å². The van der Waals surface area contributed by atoms with Crippen molar-refractivity contribution >= 4 is 53.8 Å². The lowest BCUT2D eigenvalue weighted by Crippen LogP contribution is -2.63. The smallest absolute Gasteiger partial charge is 0.409 e. The number of rotatable bonds is 7. The van der Waals surface area contributed by atoms with Crippen molar-refractivity contribution in [1.82, 2.24) is 10.2 Å². The molecule has 0 radical (unpaired) electrons. The summed E-state index contributed by atoms with van der Waals surface area (Å²) in [7, 11) is 5.98. The molecule has 2 N–H and O–H groups in total. The van der Waals surface area contributed by atoms with E-state index in [9.17, 15) is 24.3 Å². The Morgan fingerprint density at radius 2 is 1.98 bits per heavy atom. The molecule has 276 valence electrons. The topological polar surface area (TPSA) is 156 Å². The minimum atomic E-state index is -1.82. The summed E-state index contributed by atoms with van der Waals surface area (Å²) in [6, 6.07) is 2.60. The molecular weight excluding hydrogens is 690 g/mol. The SMILES string of the molecule is COc1cc2cc(c1Cl)N(C)C(=O)C[C@H](OC(=O)[C@H](C)N(C)C(=O)CCS)[C@]1(C)OC1[C@H](C)C1C[C@@](O)(NC(=O)O1)[C@H](OC)/C=C/C=C(\C)C2. The van der Waals surface area contributed by atoms with Crippen LogP contribution in [0.4, 0.5) is 10.5 Å². The molecule has 2 unspecified atom stereocenters. The van der Waals surface area contributed by atoms with Gasteiger partial charge in [0.05, 0.1) is 25.3 Å². The fraction of sp³-hybridized carbons (Fsp3) is 0.600. The van der Waals surface area contributed by atoms with Crippen LogP contribution in [-0.4, -0.2) is 110 Å². The van der Waals surface area contributed by atoms with Crippen molar-refractivity contribution in [2.45, 2.75) is 95.2 Å². The lowest BCUT2D eigenvalue weighted by atomic mass is 9.83. The number of hydrogen-bond acceptors (Lipinski definition) is 11. The Labute approximate surface area is 303 Å². The van der Waals surface area contributed by atoms with Crippen LogP contribution >= 0.6 is 24.2 Å². The maximum Gasteiger partial charge on any atom is 0.409 e. The van der Waals surface area contributed by atoms with Gasteiger partial charge in [-0.2, -0.15) is 12.6 Å². The summed E-state index contributed by atoms with van der Waals surface area (Å²) in [6.45, 7) is 6.96. The number of benzene rings is 1. The van der Waals surface area contributed by atoms with Crippen LogP contribution < -0.4 is 15.0 Å². The molecule has 4 bridgehead atoms. The zero-order valence-corrected chi connectivity index (χ0v) is 31.4. The summed E-state index contributed by atoms with van der Waals surface area (Å²) in [5.74, 6) is -1.30. The molecule has 13 nitrogen and oxygen atoms in total. The number of alkyl carbamates (subject to hydrolysis) is 1. The van der Waals surface area contributed by atoms with E-state index >= 15 is 0 Å². The standard InChI is InChI=1S/C35H48ClN3O10S/c1-19-10-9-11-26(46-8)35(44)18-25(47-33(43)37-35)20(2)31-34(4,49-31)27(48-32(42)21(3)38(5)28(40)12-13-50)17-29(41)39(6)23-15-22(14-19)16-24(45-7)30(23)36/h9-11,15-16,20-21,25-27,31,44,50H,12-14,17-18H2,1-8H3,(H,37,43)/b11-9+,19-10+/t20-,21+,25?,26-,27+,31?,34+,35+/m1/s1. The lowest BCUT2D eigenvalue weighted by molar-refractivity contribution is -0.161. The maximum absolute atomic E-state index is 14.0. The highest BCUT2D eigenvalue weighted by Crippen LogP contribution is 2.49. The zero-order valence-electron chi connectivity index (χ0n) is 29.7. The average molecular weight is 738 g/mol. The highest BCUT2D eigenvalue weighted by Gasteiger charge is 2.64. The molecule has 3 aliphatic rings. The molecule has 3 amide bonds. The number of carbonyl (C=O) groups excluding carboxylic acids is 4. The number of amides is 3. The Kier molecular flexibility index (Phi) is 12.6. The Morgan fingerprint density at radius 3 is 2.62 bits per heavy atom. The number of methoxy groups -OCH3 is 2. The molecule has 0 saturated carbocycles. The van der Waals surface area contributed by atoms with Gasteiger partial charge < -0.3 is 38.6 Å². The number of nitrogens with zero attached hydrogens (tertiary/aromatic N) is 2. The van der Waals surface area contributed by atoms with Crippen molar-refractivity contribution in [3.8, 4) is 5.75 Å². The second kappa shape index (κ2) is 15.9. The number of carbonyl (C=O) groups is 4. The fourth-order valence-electron chi connectivity index (χ4n) is 6.49. The minimum absolute atomic E-state index is 0.0489. The van der Waals surface area contributed by atoms with Crippen LogP contribution in [0.5, 0.6) is 5.75 Å². The number of aliphatic hydroxyl groups is 1. The van der Waals surface area contributed by atoms with Gasteiger partial charge in [-0.1, -0.05) is 42.3 Å². The van der Waals surface area contributed by atoms with Crippen molar-refractivity contribution in [2.75, 3.05) is 39.0 Å². The number of anilines is 1. The van der Waals surface area contributed by atoms with Crippen LogP contribution in [0, 0.1) is 5.92 Å². The van der Waals surface area contributed by atoms with Crippen molar-refractivity contribution in [3.05, 3.63) is 46.5 Å². The molecule has 1 aromatic carbocycles. The highest BCUT2D eigenvalue weighted by molar-refractivity contribution is 7.80. The van der Waals surface area contributed by atoms with E-state index in [0.717, 1.165) is 11.1 Å². The van der Waals surface area contributed by atoms with E-state index in [1.54, 1.807) is 45.2 Å². The number of hydrogen-bond donors (Lipinski definition) is 3. The third-order valence-electron chi connectivity index (χ3n) is 9.85. The normalized spacial score (nSPS) is 32.3. The molecule has 8 atom stereocenters. The van der Waals surface area contributed by atoms with Crippen LogP contribution in [0.1, 0.15) is 52.5 Å². The number of allylic oxidation sites excluding steroid dienone is 3. The first kappa shape index (κ1) is 39.5. The number of fused-ring (bicyclic) bond motifs is 5. The molecule has 3 aliphatic heterocycles. The number of halogens is 1. The largest absolute Gasteiger partial charge is 0.495 e. The van der Waals surface area contributed by atoms with E-state index < -0.39 is 65.7 Å². The molecule has 0 aliphatic carbocycles. The molecule has 0 spiro atoms. The predicted molar refractivity (Wildman–Crippen MR) is 189 cm³/mol. The number of likely N-dealkylation sites (N-methyl/N-ethyl adjacent to an activating group) is 1. The third-order valence-corrected chi connectivity index (χ3v) is 10.5. The fourth-order valence-corrected chi connectivity index (χ4v) is 6.99. The van der Waals surface area contributed by atoms with Gasteiger partial charge in [-0.15, -0.1) is 0 Å². The first-order chi connectivity index (χ1) is 23.5. The number of esters is 1. The molecule has 2 fully saturated rings. The second-order valence-electron chi connectivity index (χ2n) is 13.4. The van der Waals surface area contributed by atoms with Gasteiger partial charge in [0.25, 0.3) is 0 Å². The zero-order chi connectivity index (χ0) is 37.1. The molecule has 1 aromatic rings. The van der Waals surface area contributed by atoms with Gasteiger partial charge in [0, 0.05) is 40.0 Å². The summed E-state index contributed by atoms with van der Waals surface area (Å²) < 4.78 is 29.0. The molecule has 4 rings (SSSR count). The van der Waals surface area contributed by atoms with E-state index in [1.807, 2.05) is 13.0 Å². The molecule has 50 heavy (non-hydrogen) atoms. The van der Waals surface area contributed by atoms with E-state index in [4.69, 9.17) is 35.3 Å². The Balaban J connectivity index is 1.78. The van der Waals surface area contributed by atoms with E-state index in [0.29, 0.717) is 23.6 Å². The summed E-state index contributed by atoms with van der Waals surface area (Å²) in [5.41, 5.74) is -0.903. The first-order valence-electron chi connectivity index (χ1n) is 16.4. The number of thiol groups is 1. The maximum atomic E-state index is 14.0. The van der Waals surface area contributed by atoms with Gasteiger partial charge in [0.15, 0.2) is 5.72 Å². The summed E-state index contributed by atoms with van der Waals surface area (Å²) >= 11 is 10.8. The monoisotopic (exact) mass is 737 g/mol. The van der Waals surface area contributed by atoms with Gasteiger partial charge in [-0.05, 0) is 50.6 Å². The number of ether oxygens (including phenoxy) is 5. The van der Waals surface area contributed by atoms with E-state index in [1.165, 1.54) is 38.0 Å². The van der Waals surface area contributed by atoms with Crippen molar-refractivity contribution in [1.29, 1.82) is 0 Å². The molecule has 0 aromatic heterocycles. The van der Waals surface area contributed by atoms with Crippen LogP contribution in [0.3, 0.4) is 0 Å². The van der Waals surface area contributed by atoms with Crippen molar-refractivity contribution in [2.24, 2.45) is 5.92 Å². The highest BCUT2D eigenvalue weighted by atomic mass is 35.5. The molecular formula is C35H48ClN3O10S. The van der Waals surface area contributed by atoms with Crippen molar-refractivity contribution in [3.63, 3.8) is 0 Å². The molecule has 2 saturated heterocycles. The summed E-state index contributed by atoms with van der Waals surface area (Å²) in [6.07, 6.45) is 1.08. The Morgan fingerprint density at radius 1 is 1.28 bits per heavy atom. The van der Waals surface area contributed by atoms with Crippen LogP contribution in [0.2, 0.25) is 5.02 Å². The van der Waals surface area contributed by atoms with Crippen molar-refractivity contribution < 1.29 is 48.0 Å². The lowest BCUT2D eigenvalue weighted by Gasteiger charge is -2.42. The van der Waals surface area contributed by atoms with Gasteiger partial charge in [-0.3, -0.25) is 14.9 Å². The van der Waals surface area contributed by atoms with Gasteiger partial charge in [-0.25, -0.2) is 9.59 Å². The Bertz CT molecular complexity index is 1540. The average Bonchev–Trinajstić information content (AvgIpc) is 3.76. The van der Waals surface area contributed by atoms with Crippen LogP contribution in [-0.2, 0) is 39.8 Å². The van der Waals surface area contributed by atoms with E-state index in [-0.39, 0.29) is 30.2 Å². The van der Waals surface area contributed by atoms with Gasteiger partial charge >= 0.3 is 12.1 Å². The van der Waals surface area contributed by atoms with Gasteiger partial charge in [0.2, 0.25) is 11.8 Å². The molecule has 3 heterocycles. The van der Waals surface area contributed by atoms with E-state index in [2.05, 4.69) is 17.9 Å². The second-order valence-corrected chi connectivity index (χ2v) is 14.2. The minimum Gasteiger partial charge on any atom is -0.495 e. The van der Waals surface area contributed by atoms with Crippen LogP contribution in [0.15, 0.2) is 35.9 Å². The number of epoxide rings is 1.